The Balaban J connectivity index is 1.24. The summed E-state index contributed by atoms with van der Waals surface area (Å²) in [6.45, 7) is 6.73. The topological polar surface area (TPSA) is 111 Å². The molecule has 3 aliphatic rings. The summed E-state index contributed by atoms with van der Waals surface area (Å²) in [5.41, 5.74) is 1.54. The van der Waals surface area contributed by atoms with Crippen LogP contribution in [0.25, 0.3) is 0 Å². The highest BCUT2D eigenvalue weighted by Gasteiger charge is 2.54. The lowest BCUT2D eigenvalue weighted by atomic mass is 9.91. The lowest BCUT2D eigenvalue weighted by molar-refractivity contribution is -0.144. The van der Waals surface area contributed by atoms with Crippen molar-refractivity contribution in [2.24, 2.45) is 11.8 Å². The molecule has 3 fully saturated rings. The maximum absolute atomic E-state index is 13.9. The number of pyridine rings is 1. The number of carbonyl (C=O) groups excluding carboxylic acids is 3. The van der Waals surface area contributed by atoms with Gasteiger partial charge in [0.2, 0.25) is 21.8 Å². The number of aromatic nitrogens is 1. The van der Waals surface area contributed by atoms with Crippen LogP contribution in [0.15, 0.2) is 54.7 Å². The molecule has 3 unspecified atom stereocenters. The van der Waals surface area contributed by atoms with Crippen molar-refractivity contribution in [3.05, 3.63) is 60.4 Å². The molecule has 10 nitrogen and oxygen atoms in total. The number of nitrogens with zero attached hydrogens (tertiary/aromatic N) is 5. The third-order valence-corrected chi connectivity index (χ3v) is 10.1. The van der Waals surface area contributed by atoms with E-state index in [9.17, 15) is 22.8 Å². The number of ketones is 1. The zero-order valence-corrected chi connectivity index (χ0v) is 24.6. The average molecular weight is 582 g/mol. The van der Waals surface area contributed by atoms with Crippen molar-refractivity contribution in [2.45, 2.75) is 50.9 Å². The highest BCUT2D eigenvalue weighted by Crippen LogP contribution is 2.35. The fourth-order valence-corrected chi connectivity index (χ4v) is 8.07. The lowest BCUT2D eigenvalue weighted by Crippen LogP contribution is -2.50. The van der Waals surface area contributed by atoms with E-state index in [0.717, 1.165) is 18.8 Å². The molecule has 220 valence electrons. The van der Waals surface area contributed by atoms with E-state index in [1.54, 1.807) is 23.1 Å². The van der Waals surface area contributed by atoms with Gasteiger partial charge in [0.1, 0.15) is 11.8 Å². The van der Waals surface area contributed by atoms with Gasteiger partial charge in [0, 0.05) is 56.9 Å². The number of sulfonamides is 1. The summed E-state index contributed by atoms with van der Waals surface area (Å²) < 4.78 is 27.8. The molecule has 0 saturated carbocycles. The molecule has 3 atom stereocenters. The van der Waals surface area contributed by atoms with E-state index < -0.39 is 28.0 Å². The van der Waals surface area contributed by atoms with E-state index in [0.29, 0.717) is 38.2 Å². The highest BCUT2D eigenvalue weighted by atomic mass is 32.2. The minimum Gasteiger partial charge on any atom is -0.368 e. The normalized spacial score (nSPS) is 22.3. The minimum atomic E-state index is -3.80. The number of Topliss-reactive ketones (excluding diaryl/α,β-unsaturated/α-hetero) is 1. The second kappa shape index (κ2) is 12.3. The molecule has 3 aliphatic heterocycles. The van der Waals surface area contributed by atoms with Crippen LogP contribution in [-0.4, -0.2) is 96.5 Å². The molecular weight excluding hydrogens is 542 g/mol. The minimum absolute atomic E-state index is 0.0511. The molecule has 4 heterocycles. The van der Waals surface area contributed by atoms with Crippen LogP contribution in [0.2, 0.25) is 0 Å². The quantitative estimate of drug-likeness (QED) is 0.446. The number of carbonyl (C=O) groups is 3. The van der Waals surface area contributed by atoms with Gasteiger partial charge in [-0.05, 0) is 43.0 Å². The van der Waals surface area contributed by atoms with Crippen LogP contribution in [0.1, 0.15) is 38.8 Å². The van der Waals surface area contributed by atoms with Crippen LogP contribution in [0.3, 0.4) is 0 Å². The van der Waals surface area contributed by atoms with Crippen LogP contribution in [-0.2, 0) is 30.2 Å². The molecular formula is C30H39N5O5S. The highest BCUT2D eigenvalue weighted by molar-refractivity contribution is 7.88. The van der Waals surface area contributed by atoms with Gasteiger partial charge in [-0.2, -0.15) is 4.31 Å². The molecule has 2 aromatic rings. The number of fused-ring (bicyclic) bond motifs is 1. The summed E-state index contributed by atoms with van der Waals surface area (Å²) in [6, 6.07) is 13.8. The van der Waals surface area contributed by atoms with Gasteiger partial charge in [-0.3, -0.25) is 19.4 Å². The number of piperazine rings is 1. The van der Waals surface area contributed by atoms with E-state index >= 15 is 0 Å². The van der Waals surface area contributed by atoms with Crippen LogP contribution >= 0.6 is 0 Å². The number of hydrogen-bond acceptors (Lipinski definition) is 7. The van der Waals surface area contributed by atoms with Gasteiger partial charge < -0.3 is 14.7 Å². The second-order valence-electron chi connectivity index (χ2n) is 11.7. The zero-order valence-electron chi connectivity index (χ0n) is 23.8. The number of para-hydroxylation sites is 1. The van der Waals surface area contributed by atoms with Crippen molar-refractivity contribution < 1.29 is 22.8 Å². The number of hydrogen-bond donors (Lipinski definition) is 0. The maximum atomic E-state index is 13.9. The molecule has 0 aliphatic carbocycles. The molecule has 3 saturated heterocycles. The Morgan fingerprint density at radius 1 is 0.976 bits per heavy atom. The molecule has 5 rings (SSSR count). The molecule has 0 bridgehead atoms. The summed E-state index contributed by atoms with van der Waals surface area (Å²) in [5.74, 6) is -1.21. The molecule has 1 aromatic heterocycles. The van der Waals surface area contributed by atoms with Crippen molar-refractivity contribution in [1.82, 2.24) is 19.1 Å². The van der Waals surface area contributed by atoms with Crippen molar-refractivity contribution in [3.63, 3.8) is 0 Å². The van der Waals surface area contributed by atoms with Crippen LogP contribution in [0, 0.1) is 11.8 Å². The van der Waals surface area contributed by atoms with Gasteiger partial charge in [0.15, 0.2) is 5.78 Å². The van der Waals surface area contributed by atoms with Crippen LogP contribution in [0.5, 0.6) is 0 Å². The molecule has 11 heteroatoms. The number of amides is 2. The zero-order chi connectivity index (χ0) is 29.1. The van der Waals surface area contributed by atoms with Gasteiger partial charge in [-0.15, -0.1) is 0 Å². The standard InChI is InChI=1S/C30H39N5O5S/c1-22(2)18-23(19-28(37)33-16-14-32(15-17-33)25-9-4-3-5-10-25)30(38)34-13-11-26-29(34)27(36)20-35(26)41(39,40)21-24-8-6-7-12-31-24/h3-10,12,22-23,26,29H,11,13-21H2,1-2H3. The van der Waals surface area contributed by atoms with Crippen LogP contribution in [0.4, 0.5) is 5.69 Å². The average Bonchev–Trinajstić information content (AvgIpc) is 3.54. The third-order valence-electron chi connectivity index (χ3n) is 8.35. The molecule has 0 spiro atoms. The van der Waals surface area contributed by atoms with Crippen molar-refractivity contribution >= 4 is 33.3 Å². The van der Waals surface area contributed by atoms with Crippen LogP contribution < -0.4 is 4.90 Å². The largest absolute Gasteiger partial charge is 0.368 e. The molecule has 0 radical (unpaired) electrons. The first-order valence-corrected chi connectivity index (χ1v) is 16.1. The Labute approximate surface area is 242 Å². The Morgan fingerprint density at radius 2 is 1.68 bits per heavy atom. The van der Waals surface area contributed by atoms with Crippen molar-refractivity contribution in [3.8, 4) is 0 Å². The van der Waals surface area contributed by atoms with Crippen molar-refractivity contribution in [1.29, 1.82) is 0 Å². The molecule has 1 aromatic carbocycles. The first-order chi connectivity index (χ1) is 19.6. The fourth-order valence-electron chi connectivity index (χ4n) is 6.40. The van der Waals surface area contributed by atoms with Crippen molar-refractivity contribution in [2.75, 3.05) is 44.2 Å². The number of likely N-dealkylation sites (tertiary alicyclic amines) is 1. The first-order valence-electron chi connectivity index (χ1n) is 14.4. The Kier molecular flexibility index (Phi) is 8.74. The molecule has 0 N–H and O–H groups in total. The van der Waals surface area contributed by atoms with Gasteiger partial charge in [0.25, 0.3) is 0 Å². The summed E-state index contributed by atoms with van der Waals surface area (Å²) in [4.78, 5) is 50.2. The van der Waals surface area contributed by atoms with Gasteiger partial charge in [-0.25, -0.2) is 8.42 Å². The summed E-state index contributed by atoms with van der Waals surface area (Å²) in [5, 5.41) is 0. The van der Waals surface area contributed by atoms with E-state index in [1.165, 1.54) is 10.5 Å². The number of anilines is 1. The Hall–Kier alpha value is -3.31. The summed E-state index contributed by atoms with van der Waals surface area (Å²) in [7, 11) is -3.80. The smallest absolute Gasteiger partial charge is 0.226 e. The monoisotopic (exact) mass is 581 g/mol. The predicted molar refractivity (Wildman–Crippen MR) is 155 cm³/mol. The molecule has 41 heavy (non-hydrogen) atoms. The number of rotatable bonds is 9. The SMILES string of the molecule is CC(C)CC(CC(=O)N1CCN(c2ccccc2)CC1)C(=O)N1CCC2C1C(=O)CN2S(=O)(=O)Cc1ccccn1. The fraction of sp³-hybridized carbons (Fsp3) is 0.533. The van der Waals surface area contributed by atoms with E-state index in [2.05, 4.69) is 22.0 Å². The summed E-state index contributed by atoms with van der Waals surface area (Å²) in [6.07, 6.45) is 2.55. The van der Waals surface area contributed by atoms with Gasteiger partial charge in [-0.1, -0.05) is 38.1 Å². The maximum Gasteiger partial charge on any atom is 0.226 e. The Morgan fingerprint density at radius 3 is 2.34 bits per heavy atom. The number of benzene rings is 1. The summed E-state index contributed by atoms with van der Waals surface area (Å²) >= 11 is 0. The van der Waals surface area contributed by atoms with E-state index in [-0.39, 0.29) is 42.2 Å². The molecule has 2 amide bonds. The Bertz CT molecular complexity index is 1350. The first kappa shape index (κ1) is 29.2. The predicted octanol–water partition coefficient (Wildman–Crippen LogP) is 2.17. The second-order valence-corrected chi connectivity index (χ2v) is 13.6. The van der Waals surface area contributed by atoms with Gasteiger partial charge in [0.05, 0.1) is 18.3 Å². The lowest BCUT2D eigenvalue weighted by Gasteiger charge is -2.37. The van der Waals surface area contributed by atoms with E-state index in [4.69, 9.17) is 0 Å². The van der Waals surface area contributed by atoms with E-state index in [1.807, 2.05) is 36.9 Å². The third kappa shape index (κ3) is 6.46. The van der Waals surface area contributed by atoms with Gasteiger partial charge >= 0.3 is 0 Å².